The van der Waals surface area contributed by atoms with Crippen molar-refractivity contribution >= 4 is 34.5 Å². The maximum absolute atomic E-state index is 12.6. The lowest BCUT2D eigenvalue weighted by Gasteiger charge is -2.16. The summed E-state index contributed by atoms with van der Waals surface area (Å²) in [6.07, 6.45) is -0.909. The summed E-state index contributed by atoms with van der Waals surface area (Å²) in [5.74, 6) is 1.26. The monoisotopic (exact) mass is 486 g/mol. The number of hydrogen-bond acceptors (Lipinski definition) is 6. The normalized spacial score (nSPS) is 12.2. The van der Waals surface area contributed by atoms with Crippen molar-refractivity contribution in [3.63, 3.8) is 0 Å². The Morgan fingerprint density at radius 3 is 2.64 bits per heavy atom. The second-order valence-electron chi connectivity index (χ2n) is 7.64. The van der Waals surface area contributed by atoms with Gasteiger partial charge in [0.15, 0.2) is 16.3 Å². The van der Waals surface area contributed by atoms with Gasteiger partial charge in [-0.25, -0.2) is 9.78 Å². The predicted molar refractivity (Wildman–Crippen MR) is 129 cm³/mol. The van der Waals surface area contributed by atoms with Crippen LogP contribution in [-0.4, -0.2) is 36.9 Å². The number of imidazole rings is 1. The summed E-state index contributed by atoms with van der Waals surface area (Å²) in [6.45, 7) is 2.04. The van der Waals surface area contributed by atoms with Crippen molar-refractivity contribution in [2.75, 3.05) is 6.61 Å². The third-order valence-corrected chi connectivity index (χ3v) is 6.47. The number of aliphatic hydroxyl groups is 1. The molecule has 0 fully saturated rings. The molecule has 2 N–H and O–H groups in total. The first-order chi connectivity index (χ1) is 15.8. The maximum Gasteiger partial charge on any atom is 0.329 e. The molecule has 0 spiro atoms. The highest BCUT2D eigenvalue weighted by Crippen LogP contribution is 2.26. The molecule has 2 aromatic carbocycles. The molecular weight excluding hydrogens is 464 g/mol. The number of hydrogen-bond donors (Lipinski definition) is 2. The Labute approximate surface area is 198 Å². The Morgan fingerprint density at radius 2 is 1.91 bits per heavy atom. The summed E-state index contributed by atoms with van der Waals surface area (Å²) in [6, 6.07) is 15.0. The molecule has 1 unspecified atom stereocenters. The van der Waals surface area contributed by atoms with Crippen molar-refractivity contribution in [2.24, 2.45) is 7.05 Å². The van der Waals surface area contributed by atoms with Gasteiger partial charge in [-0.3, -0.25) is 14.3 Å². The van der Waals surface area contributed by atoms with Gasteiger partial charge in [-0.1, -0.05) is 53.7 Å². The van der Waals surface area contributed by atoms with E-state index in [9.17, 15) is 14.7 Å². The zero-order valence-electron chi connectivity index (χ0n) is 18.1. The highest BCUT2D eigenvalue weighted by atomic mass is 35.5. The van der Waals surface area contributed by atoms with E-state index in [1.165, 1.54) is 16.3 Å². The molecule has 0 amide bonds. The number of halogens is 1. The second kappa shape index (κ2) is 9.86. The first-order valence-corrected chi connectivity index (χ1v) is 11.6. The third-order valence-electron chi connectivity index (χ3n) is 5.17. The van der Waals surface area contributed by atoms with E-state index in [1.54, 1.807) is 11.6 Å². The van der Waals surface area contributed by atoms with Gasteiger partial charge in [0, 0.05) is 17.8 Å². The minimum absolute atomic E-state index is 0.0372. The van der Waals surface area contributed by atoms with Crippen LogP contribution in [0.5, 0.6) is 5.75 Å². The van der Waals surface area contributed by atoms with E-state index in [1.807, 2.05) is 55.5 Å². The van der Waals surface area contributed by atoms with E-state index < -0.39 is 17.4 Å². The van der Waals surface area contributed by atoms with Gasteiger partial charge in [-0.05, 0) is 36.2 Å². The Hall–Kier alpha value is -3.01. The van der Waals surface area contributed by atoms with E-state index in [-0.39, 0.29) is 24.3 Å². The zero-order valence-corrected chi connectivity index (χ0v) is 19.7. The SMILES string of the molecule is Cc1ccccc1OCC(O)Cn1c(SCc2ccc(Cl)cc2)nc2c1c(=O)[nH]c(=O)n2C. The van der Waals surface area contributed by atoms with Crippen molar-refractivity contribution in [1.29, 1.82) is 0 Å². The molecule has 8 nitrogen and oxygen atoms in total. The summed E-state index contributed by atoms with van der Waals surface area (Å²) < 4.78 is 8.70. The quantitative estimate of drug-likeness (QED) is 0.371. The molecule has 0 saturated carbocycles. The van der Waals surface area contributed by atoms with Crippen molar-refractivity contribution in [2.45, 2.75) is 30.5 Å². The molecule has 2 aromatic heterocycles. The van der Waals surface area contributed by atoms with E-state index >= 15 is 0 Å². The van der Waals surface area contributed by atoms with E-state index in [0.29, 0.717) is 21.7 Å². The van der Waals surface area contributed by atoms with Crippen LogP contribution in [0.1, 0.15) is 11.1 Å². The molecule has 4 rings (SSSR count). The van der Waals surface area contributed by atoms with Gasteiger partial charge in [0.25, 0.3) is 5.56 Å². The van der Waals surface area contributed by atoms with Crippen LogP contribution in [0.3, 0.4) is 0 Å². The van der Waals surface area contributed by atoms with Crippen LogP contribution in [0.4, 0.5) is 0 Å². The predicted octanol–water partition coefficient (Wildman–Crippen LogP) is 3.12. The number of ether oxygens (including phenoxy) is 1. The average molecular weight is 487 g/mol. The largest absolute Gasteiger partial charge is 0.491 e. The maximum atomic E-state index is 12.6. The molecule has 33 heavy (non-hydrogen) atoms. The molecule has 4 aromatic rings. The van der Waals surface area contributed by atoms with Crippen LogP contribution in [0, 0.1) is 6.92 Å². The van der Waals surface area contributed by atoms with Crippen molar-refractivity contribution in [1.82, 2.24) is 19.1 Å². The lowest BCUT2D eigenvalue weighted by atomic mass is 10.2. The van der Waals surface area contributed by atoms with Crippen LogP contribution in [0.25, 0.3) is 11.2 Å². The number of aliphatic hydroxyl groups excluding tert-OH is 1. The van der Waals surface area contributed by atoms with E-state index in [4.69, 9.17) is 16.3 Å². The molecule has 0 radical (unpaired) electrons. The van der Waals surface area contributed by atoms with Crippen molar-refractivity contribution < 1.29 is 9.84 Å². The van der Waals surface area contributed by atoms with Gasteiger partial charge in [-0.15, -0.1) is 0 Å². The molecule has 0 aliphatic carbocycles. The number of thioether (sulfide) groups is 1. The summed E-state index contributed by atoms with van der Waals surface area (Å²) in [7, 11) is 1.54. The molecular formula is C23H23ClN4O4S. The fourth-order valence-corrected chi connectivity index (χ4v) is 4.48. The molecule has 2 heterocycles. The molecule has 10 heteroatoms. The number of benzene rings is 2. The van der Waals surface area contributed by atoms with Crippen LogP contribution in [-0.2, 0) is 19.3 Å². The molecule has 0 bridgehead atoms. The number of rotatable bonds is 8. The lowest BCUT2D eigenvalue weighted by Crippen LogP contribution is -2.30. The number of aryl methyl sites for hydroxylation is 2. The van der Waals surface area contributed by atoms with Gasteiger partial charge in [0.05, 0.1) is 6.54 Å². The van der Waals surface area contributed by atoms with E-state index in [2.05, 4.69) is 9.97 Å². The minimum atomic E-state index is -0.909. The number of para-hydroxylation sites is 1. The first kappa shape index (κ1) is 23.2. The summed E-state index contributed by atoms with van der Waals surface area (Å²) >= 11 is 7.37. The Morgan fingerprint density at radius 1 is 1.18 bits per heavy atom. The number of aromatic nitrogens is 4. The highest BCUT2D eigenvalue weighted by molar-refractivity contribution is 7.98. The van der Waals surface area contributed by atoms with Gasteiger partial charge >= 0.3 is 5.69 Å². The second-order valence-corrected chi connectivity index (χ2v) is 9.02. The molecule has 172 valence electrons. The lowest BCUT2D eigenvalue weighted by molar-refractivity contribution is 0.0910. The fourth-order valence-electron chi connectivity index (χ4n) is 3.39. The zero-order chi connectivity index (χ0) is 23.5. The fraction of sp³-hybridized carbons (Fsp3) is 0.261. The van der Waals surface area contributed by atoms with Gasteiger partial charge in [0.1, 0.15) is 18.5 Å². The van der Waals surface area contributed by atoms with Crippen LogP contribution in [0.15, 0.2) is 63.3 Å². The molecule has 1 atom stereocenters. The number of nitrogens with one attached hydrogen (secondary N) is 1. The summed E-state index contributed by atoms with van der Waals surface area (Å²) in [4.78, 5) is 31.6. The highest BCUT2D eigenvalue weighted by Gasteiger charge is 2.20. The Balaban J connectivity index is 1.62. The Bertz CT molecular complexity index is 1390. The van der Waals surface area contributed by atoms with Crippen LogP contribution in [0.2, 0.25) is 5.02 Å². The number of H-pyrrole nitrogens is 1. The first-order valence-electron chi connectivity index (χ1n) is 10.3. The van der Waals surface area contributed by atoms with Crippen molar-refractivity contribution in [3.05, 3.63) is 85.5 Å². The smallest absolute Gasteiger partial charge is 0.329 e. The standard InChI is InChI=1S/C23H23ClN4O4S/c1-14-5-3-4-6-18(14)32-12-17(29)11-28-19-20(27(2)22(31)26-21(19)30)25-23(28)33-13-15-7-9-16(24)10-8-15/h3-10,17,29H,11-13H2,1-2H3,(H,26,30,31). The van der Waals surface area contributed by atoms with Gasteiger partial charge < -0.3 is 14.4 Å². The number of nitrogens with zero attached hydrogens (tertiary/aromatic N) is 3. The molecule has 0 aliphatic heterocycles. The topological polar surface area (TPSA) is 102 Å². The van der Waals surface area contributed by atoms with Gasteiger partial charge in [-0.2, -0.15) is 0 Å². The van der Waals surface area contributed by atoms with E-state index in [0.717, 1.165) is 11.1 Å². The molecule has 0 saturated heterocycles. The number of aromatic amines is 1. The van der Waals surface area contributed by atoms with Crippen molar-refractivity contribution in [3.8, 4) is 5.75 Å². The summed E-state index contributed by atoms with van der Waals surface area (Å²) in [5.41, 5.74) is 1.37. The average Bonchev–Trinajstić information content (AvgIpc) is 3.15. The van der Waals surface area contributed by atoms with Crippen LogP contribution < -0.4 is 16.0 Å². The minimum Gasteiger partial charge on any atom is -0.491 e. The van der Waals surface area contributed by atoms with Gasteiger partial charge in [0.2, 0.25) is 0 Å². The van der Waals surface area contributed by atoms with Crippen LogP contribution >= 0.6 is 23.4 Å². The molecule has 0 aliphatic rings. The third kappa shape index (κ3) is 5.16. The Kier molecular flexibility index (Phi) is 6.92. The summed E-state index contributed by atoms with van der Waals surface area (Å²) in [5, 5.41) is 11.9. The number of fused-ring (bicyclic) bond motifs is 1.